The molecule has 0 aromatic heterocycles. The number of unbranched alkanes of at least 4 members (excludes halogenated alkanes) is 7. The van der Waals surface area contributed by atoms with Gasteiger partial charge in [0.2, 0.25) is 0 Å². The zero-order valence-corrected chi connectivity index (χ0v) is 12.6. The molecular formula is C18H28O2. The lowest BCUT2D eigenvalue weighted by atomic mass is 10.1. The van der Waals surface area contributed by atoms with E-state index in [4.69, 9.17) is 5.11 Å². The van der Waals surface area contributed by atoms with Crippen molar-refractivity contribution in [3.05, 3.63) is 48.6 Å². The highest BCUT2D eigenvalue weighted by Gasteiger charge is 1.88. The van der Waals surface area contributed by atoms with Gasteiger partial charge in [-0.2, -0.15) is 0 Å². The van der Waals surface area contributed by atoms with Gasteiger partial charge in [-0.1, -0.05) is 88.0 Å². The fourth-order valence-corrected chi connectivity index (χ4v) is 1.79. The number of carboxylic acids is 1. The monoisotopic (exact) mass is 276 g/mol. The molecule has 20 heavy (non-hydrogen) atoms. The maximum atomic E-state index is 10.2. The summed E-state index contributed by atoms with van der Waals surface area (Å²) in [6.45, 7) is 2.25. The second-order valence-electron chi connectivity index (χ2n) is 4.81. The van der Waals surface area contributed by atoms with Crippen LogP contribution in [0.3, 0.4) is 0 Å². The highest BCUT2D eigenvalue weighted by molar-refractivity contribution is 5.80. The van der Waals surface area contributed by atoms with Crippen LogP contribution in [0.5, 0.6) is 0 Å². The molecular weight excluding hydrogens is 248 g/mol. The van der Waals surface area contributed by atoms with Crippen molar-refractivity contribution in [2.45, 2.75) is 58.3 Å². The van der Waals surface area contributed by atoms with E-state index >= 15 is 0 Å². The molecule has 0 heterocycles. The van der Waals surface area contributed by atoms with Gasteiger partial charge >= 0.3 is 5.97 Å². The van der Waals surface area contributed by atoms with E-state index in [2.05, 4.69) is 13.0 Å². The molecule has 0 aliphatic rings. The summed E-state index contributed by atoms with van der Waals surface area (Å²) in [5.41, 5.74) is 0. The summed E-state index contributed by atoms with van der Waals surface area (Å²) in [6.07, 6.45) is 24.8. The molecule has 0 atom stereocenters. The van der Waals surface area contributed by atoms with Gasteiger partial charge in [-0.25, -0.2) is 4.79 Å². The molecule has 0 aromatic rings. The van der Waals surface area contributed by atoms with Gasteiger partial charge in [0.1, 0.15) is 0 Å². The number of carbonyl (C=O) groups is 1. The van der Waals surface area contributed by atoms with E-state index in [9.17, 15) is 4.79 Å². The first-order valence-electron chi connectivity index (χ1n) is 7.67. The molecule has 0 fully saturated rings. The first-order valence-corrected chi connectivity index (χ1v) is 7.67. The Balaban J connectivity index is 3.41. The molecule has 0 bridgehead atoms. The van der Waals surface area contributed by atoms with Crippen LogP contribution < -0.4 is 0 Å². The van der Waals surface area contributed by atoms with Crippen LogP contribution in [-0.2, 0) is 4.79 Å². The summed E-state index contributed by atoms with van der Waals surface area (Å²) in [5.74, 6) is -0.923. The van der Waals surface area contributed by atoms with Crippen molar-refractivity contribution in [3.63, 3.8) is 0 Å². The van der Waals surface area contributed by atoms with Crippen molar-refractivity contribution in [2.24, 2.45) is 0 Å². The largest absolute Gasteiger partial charge is 0.478 e. The standard InChI is InChI=1S/C18H28O2/c1-2-3-4-5-6-7-8-9-10-11-12-13-14-15-16-17-18(19)20/h10-17H,2-9H2,1H3,(H,19,20). The van der Waals surface area contributed by atoms with Crippen molar-refractivity contribution >= 4 is 5.97 Å². The van der Waals surface area contributed by atoms with Crippen LogP contribution in [-0.4, -0.2) is 11.1 Å². The lowest BCUT2D eigenvalue weighted by Gasteiger charge is -1.98. The van der Waals surface area contributed by atoms with Gasteiger partial charge in [0.25, 0.3) is 0 Å². The topological polar surface area (TPSA) is 37.3 Å². The van der Waals surface area contributed by atoms with E-state index in [0.29, 0.717) is 0 Å². The first-order chi connectivity index (χ1) is 9.77. The molecule has 0 aromatic carbocycles. The molecule has 0 rings (SSSR count). The van der Waals surface area contributed by atoms with E-state index in [0.717, 1.165) is 12.5 Å². The highest BCUT2D eigenvalue weighted by atomic mass is 16.4. The van der Waals surface area contributed by atoms with Crippen LogP contribution in [0.2, 0.25) is 0 Å². The van der Waals surface area contributed by atoms with E-state index in [1.54, 1.807) is 6.08 Å². The van der Waals surface area contributed by atoms with E-state index in [-0.39, 0.29) is 0 Å². The third kappa shape index (κ3) is 16.4. The minimum absolute atomic E-state index is 0.923. The second-order valence-corrected chi connectivity index (χ2v) is 4.81. The highest BCUT2D eigenvalue weighted by Crippen LogP contribution is 2.08. The van der Waals surface area contributed by atoms with E-state index in [1.165, 1.54) is 51.0 Å². The summed E-state index contributed by atoms with van der Waals surface area (Å²) in [5, 5.41) is 8.37. The van der Waals surface area contributed by atoms with Crippen LogP contribution in [0.1, 0.15) is 58.3 Å². The molecule has 0 saturated carbocycles. The molecule has 2 nitrogen and oxygen atoms in total. The zero-order chi connectivity index (χ0) is 14.9. The molecule has 0 saturated heterocycles. The third-order valence-electron chi connectivity index (χ3n) is 2.90. The molecule has 0 unspecified atom stereocenters. The lowest BCUT2D eigenvalue weighted by molar-refractivity contribution is -0.131. The van der Waals surface area contributed by atoms with Crippen LogP contribution in [0.15, 0.2) is 48.6 Å². The van der Waals surface area contributed by atoms with Gasteiger partial charge in [-0.05, 0) is 12.8 Å². The van der Waals surface area contributed by atoms with Crippen molar-refractivity contribution in [2.75, 3.05) is 0 Å². The lowest BCUT2D eigenvalue weighted by Crippen LogP contribution is -1.84. The molecule has 1 N–H and O–H groups in total. The van der Waals surface area contributed by atoms with Crippen molar-refractivity contribution in [1.82, 2.24) is 0 Å². The Bertz CT molecular complexity index is 335. The molecule has 0 radical (unpaired) electrons. The second kappa shape index (κ2) is 15.5. The summed E-state index contributed by atoms with van der Waals surface area (Å²) in [6, 6.07) is 0. The Morgan fingerprint density at radius 2 is 1.35 bits per heavy atom. The molecule has 0 spiro atoms. The summed E-state index contributed by atoms with van der Waals surface area (Å²) in [7, 11) is 0. The van der Waals surface area contributed by atoms with Gasteiger partial charge in [0.15, 0.2) is 0 Å². The van der Waals surface area contributed by atoms with E-state index in [1.807, 2.05) is 24.3 Å². The van der Waals surface area contributed by atoms with Gasteiger partial charge in [0.05, 0.1) is 0 Å². The van der Waals surface area contributed by atoms with Crippen LogP contribution in [0.25, 0.3) is 0 Å². The fourth-order valence-electron chi connectivity index (χ4n) is 1.79. The normalized spacial score (nSPS) is 12.4. The SMILES string of the molecule is CCCCCCCCCC=CC=CC=CC=CC(=O)O. The first kappa shape index (κ1) is 18.4. The maximum absolute atomic E-state index is 10.2. The number of hydrogen-bond donors (Lipinski definition) is 1. The van der Waals surface area contributed by atoms with Gasteiger partial charge < -0.3 is 5.11 Å². The van der Waals surface area contributed by atoms with Crippen LogP contribution in [0, 0.1) is 0 Å². The van der Waals surface area contributed by atoms with Gasteiger partial charge in [-0.3, -0.25) is 0 Å². The number of allylic oxidation sites excluding steroid dienone is 7. The Labute approximate surface area is 123 Å². The maximum Gasteiger partial charge on any atom is 0.328 e. The molecule has 0 aliphatic carbocycles. The number of aliphatic carboxylic acids is 1. The number of rotatable bonds is 12. The Morgan fingerprint density at radius 1 is 0.800 bits per heavy atom. The average molecular weight is 276 g/mol. The third-order valence-corrected chi connectivity index (χ3v) is 2.90. The molecule has 0 amide bonds. The van der Waals surface area contributed by atoms with E-state index < -0.39 is 5.97 Å². The zero-order valence-electron chi connectivity index (χ0n) is 12.6. The van der Waals surface area contributed by atoms with Crippen molar-refractivity contribution in [1.29, 1.82) is 0 Å². The van der Waals surface area contributed by atoms with Crippen LogP contribution in [0.4, 0.5) is 0 Å². The van der Waals surface area contributed by atoms with Crippen molar-refractivity contribution in [3.8, 4) is 0 Å². The Morgan fingerprint density at radius 3 is 2.00 bits per heavy atom. The smallest absolute Gasteiger partial charge is 0.328 e. The number of hydrogen-bond acceptors (Lipinski definition) is 1. The Kier molecular flexibility index (Phi) is 14.3. The number of carboxylic acid groups (broad SMARTS) is 1. The minimum Gasteiger partial charge on any atom is -0.478 e. The van der Waals surface area contributed by atoms with Crippen molar-refractivity contribution < 1.29 is 9.90 Å². The van der Waals surface area contributed by atoms with Gasteiger partial charge in [-0.15, -0.1) is 0 Å². The predicted octanol–water partition coefficient (Wildman–Crippen LogP) is 5.44. The summed E-state index contributed by atoms with van der Waals surface area (Å²) in [4.78, 5) is 10.2. The van der Waals surface area contributed by atoms with Crippen LogP contribution >= 0.6 is 0 Å². The minimum atomic E-state index is -0.923. The summed E-state index contributed by atoms with van der Waals surface area (Å²) >= 11 is 0. The quantitative estimate of drug-likeness (QED) is 0.293. The summed E-state index contributed by atoms with van der Waals surface area (Å²) < 4.78 is 0. The average Bonchev–Trinajstić information content (AvgIpc) is 2.43. The molecule has 2 heteroatoms. The predicted molar refractivity (Wildman–Crippen MR) is 86.8 cm³/mol. The van der Waals surface area contributed by atoms with Gasteiger partial charge in [0, 0.05) is 6.08 Å². The Hall–Kier alpha value is -1.57. The molecule has 0 aliphatic heterocycles. The fraction of sp³-hybridized carbons (Fsp3) is 0.500. The molecule has 112 valence electrons.